The molecule has 0 unspecified atom stereocenters. The van der Waals surface area contributed by atoms with Gasteiger partial charge in [-0.1, -0.05) is 90.4 Å². The van der Waals surface area contributed by atoms with Gasteiger partial charge in [-0.15, -0.1) is 0 Å². The Kier molecular flexibility index (Phi) is 50.9. The average molecular weight is 773 g/mol. The zero-order valence-corrected chi connectivity index (χ0v) is 33.9. The third-order valence-electron chi connectivity index (χ3n) is 7.96. The van der Waals surface area contributed by atoms with E-state index in [4.69, 9.17) is 56.8 Å². The smallest absolute Gasteiger partial charge is 0.113 e. The van der Waals surface area contributed by atoms with Crippen LogP contribution in [-0.2, 0) is 56.8 Å². The van der Waals surface area contributed by atoms with E-state index in [2.05, 4.69) is 6.92 Å². The first-order valence-corrected chi connectivity index (χ1v) is 20.9. The molecule has 12 nitrogen and oxygen atoms in total. The van der Waals surface area contributed by atoms with Crippen molar-refractivity contribution in [3.8, 4) is 0 Å². The average Bonchev–Trinajstić information content (AvgIpc) is 3.17. The van der Waals surface area contributed by atoms with Crippen molar-refractivity contribution in [2.75, 3.05) is 165 Å². The summed E-state index contributed by atoms with van der Waals surface area (Å²) in [4.78, 5) is 0. The molecule has 0 fully saturated rings. The lowest BCUT2D eigenvalue weighted by molar-refractivity contribution is -0.0284. The molecule has 0 radical (unpaired) electrons. The van der Waals surface area contributed by atoms with E-state index < -0.39 is 6.67 Å². The predicted octanol–water partition coefficient (Wildman–Crippen LogP) is 6.64. The van der Waals surface area contributed by atoms with Gasteiger partial charge in [0.15, 0.2) is 0 Å². The van der Waals surface area contributed by atoms with Gasteiger partial charge in [0.2, 0.25) is 0 Å². The molecule has 0 spiro atoms. The van der Waals surface area contributed by atoms with Crippen molar-refractivity contribution in [2.45, 2.75) is 96.8 Å². The second-order valence-corrected chi connectivity index (χ2v) is 12.6. The fourth-order valence-corrected chi connectivity index (χ4v) is 4.97. The molecule has 0 aliphatic rings. The Hall–Kier alpha value is -0.550. The van der Waals surface area contributed by atoms with E-state index in [1.54, 1.807) is 0 Å². The Balaban J connectivity index is 3.05. The van der Waals surface area contributed by atoms with E-state index in [0.29, 0.717) is 145 Å². The van der Waals surface area contributed by atoms with Crippen LogP contribution in [0.3, 0.4) is 0 Å². The van der Waals surface area contributed by atoms with Gasteiger partial charge in [0.1, 0.15) is 6.67 Å². The summed E-state index contributed by atoms with van der Waals surface area (Å²) in [5.74, 6) is 0. The SMILES string of the molecule is CCCCCCCCCCCCCCCCOCCOCCOCCOCCOCCOCCOCCOCCOCCOCCOCCOCCF. The Morgan fingerprint density at radius 1 is 0.208 bits per heavy atom. The molecule has 0 saturated heterocycles. The Bertz CT molecular complexity index is 576. The van der Waals surface area contributed by atoms with E-state index >= 15 is 0 Å². The molecule has 13 heteroatoms. The van der Waals surface area contributed by atoms with Crippen LogP contribution in [0.4, 0.5) is 4.39 Å². The van der Waals surface area contributed by atoms with Gasteiger partial charge in [0, 0.05) is 6.61 Å². The maximum atomic E-state index is 11.8. The molecule has 0 atom stereocenters. The van der Waals surface area contributed by atoms with Crippen LogP contribution in [-0.4, -0.2) is 165 Å². The fourth-order valence-electron chi connectivity index (χ4n) is 4.97. The molecule has 0 bridgehead atoms. The predicted molar refractivity (Wildman–Crippen MR) is 206 cm³/mol. The summed E-state index contributed by atoms with van der Waals surface area (Å²) in [7, 11) is 0. The van der Waals surface area contributed by atoms with Crippen molar-refractivity contribution in [3.63, 3.8) is 0 Å². The van der Waals surface area contributed by atoms with Crippen LogP contribution >= 0.6 is 0 Å². The van der Waals surface area contributed by atoms with Crippen molar-refractivity contribution >= 4 is 0 Å². The summed E-state index contributed by atoms with van der Waals surface area (Å²) in [5.41, 5.74) is 0. The van der Waals surface area contributed by atoms with Crippen molar-refractivity contribution in [3.05, 3.63) is 0 Å². The fraction of sp³-hybridized carbons (Fsp3) is 1.00. The van der Waals surface area contributed by atoms with Gasteiger partial charge in [0.05, 0.1) is 152 Å². The van der Waals surface area contributed by atoms with Gasteiger partial charge >= 0.3 is 0 Å². The van der Waals surface area contributed by atoms with E-state index in [1.807, 2.05) is 0 Å². The monoisotopic (exact) mass is 773 g/mol. The lowest BCUT2D eigenvalue weighted by Crippen LogP contribution is -2.15. The van der Waals surface area contributed by atoms with Crippen LogP contribution in [0, 0.1) is 0 Å². The standard InChI is InChI=1S/C40H81FO12/c1-2-3-4-5-6-7-8-9-10-11-12-13-14-15-17-42-19-21-44-23-25-46-27-29-48-31-33-50-35-37-52-39-40-53-38-36-51-34-32-49-30-28-47-26-24-45-22-20-43-18-16-41/h2-40H2,1H3. The molecule has 0 rings (SSSR count). The van der Waals surface area contributed by atoms with Gasteiger partial charge in [0.25, 0.3) is 0 Å². The minimum atomic E-state index is -0.473. The number of alkyl halides is 1. The zero-order valence-electron chi connectivity index (χ0n) is 33.9. The van der Waals surface area contributed by atoms with Gasteiger partial charge in [-0.3, -0.25) is 0 Å². The molecule has 0 aromatic heterocycles. The van der Waals surface area contributed by atoms with Gasteiger partial charge in [-0.2, -0.15) is 0 Å². The van der Waals surface area contributed by atoms with Crippen molar-refractivity contribution in [1.82, 2.24) is 0 Å². The molecule has 320 valence electrons. The second kappa shape index (κ2) is 51.5. The summed E-state index contributed by atoms with van der Waals surface area (Å²) >= 11 is 0. The molecule has 0 aliphatic carbocycles. The number of hydrogen-bond donors (Lipinski definition) is 0. The molecular weight excluding hydrogens is 691 g/mol. The normalized spacial score (nSPS) is 11.7. The third-order valence-corrected chi connectivity index (χ3v) is 7.96. The van der Waals surface area contributed by atoms with Crippen LogP contribution in [0.15, 0.2) is 0 Å². The quantitative estimate of drug-likeness (QED) is 0.0619. The molecule has 0 N–H and O–H groups in total. The minimum Gasteiger partial charge on any atom is -0.379 e. The van der Waals surface area contributed by atoms with Crippen molar-refractivity contribution in [1.29, 1.82) is 0 Å². The van der Waals surface area contributed by atoms with E-state index in [-0.39, 0.29) is 6.61 Å². The Morgan fingerprint density at radius 3 is 0.585 bits per heavy atom. The molecular formula is C40H81FO12. The summed E-state index contributed by atoms with van der Waals surface area (Å²) < 4.78 is 77.2. The van der Waals surface area contributed by atoms with Crippen molar-refractivity contribution < 1.29 is 61.2 Å². The summed E-state index contributed by atoms with van der Waals surface area (Å²) in [6.45, 7) is 14.1. The molecule has 0 aliphatic heterocycles. The third kappa shape index (κ3) is 51.5. The highest BCUT2D eigenvalue weighted by Gasteiger charge is 1.98. The molecule has 0 heterocycles. The number of rotatable bonds is 50. The summed E-state index contributed by atoms with van der Waals surface area (Å²) in [6, 6.07) is 0. The number of ether oxygens (including phenoxy) is 12. The van der Waals surface area contributed by atoms with E-state index in [1.165, 1.54) is 83.5 Å². The highest BCUT2D eigenvalue weighted by atomic mass is 19.1. The van der Waals surface area contributed by atoms with Gasteiger partial charge in [-0.25, -0.2) is 4.39 Å². The topological polar surface area (TPSA) is 111 Å². The summed E-state index contributed by atoms with van der Waals surface area (Å²) in [5, 5.41) is 0. The molecule has 53 heavy (non-hydrogen) atoms. The largest absolute Gasteiger partial charge is 0.379 e. The maximum absolute atomic E-state index is 11.8. The van der Waals surface area contributed by atoms with Crippen LogP contribution < -0.4 is 0 Å². The minimum absolute atomic E-state index is 0.115. The lowest BCUT2D eigenvalue weighted by Gasteiger charge is -2.09. The second-order valence-electron chi connectivity index (χ2n) is 12.6. The van der Waals surface area contributed by atoms with Crippen molar-refractivity contribution in [2.24, 2.45) is 0 Å². The van der Waals surface area contributed by atoms with Crippen LogP contribution in [0.2, 0.25) is 0 Å². The van der Waals surface area contributed by atoms with Gasteiger partial charge in [-0.05, 0) is 6.42 Å². The molecule has 0 aromatic carbocycles. The molecule has 0 amide bonds. The molecule has 0 saturated carbocycles. The lowest BCUT2D eigenvalue weighted by atomic mass is 10.0. The Labute approximate surface area is 323 Å². The molecule has 0 aromatic rings. The first kappa shape index (κ1) is 52.5. The first-order chi connectivity index (χ1) is 26.4. The summed E-state index contributed by atoms with van der Waals surface area (Å²) in [6.07, 6.45) is 19.2. The first-order valence-electron chi connectivity index (χ1n) is 20.9. The number of unbranched alkanes of at least 4 members (excludes halogenated alkanes) is 13. The van der Waals surface area contributed by atoms with Crippen LogP contribution in [0.1, 0.15) is 96.8 Å². The van der Waals surface area contributed by atoms with E-state index in [9.17, 15) is 4.39 Å². The Morgan fingerprint density at radius 2 is 0.377 bits per heavy atom. The zero-order chi connectivity index (χ0) is 38.1. The number of hydrogen-bond acceptors (Lipinski definition) is 12. The highest BCUT2D eigenvalue weighted by Crippen LogP contribution is 2.13. The number of halogens is 1. The van der Waals surface area contributed by atoms with Crippen LogP contribution in [0.25, 0.3) is 0 Å². The van der Waals surface area contributed by atoms with E-state index in [0.717, 1.165) is 13.0 Å². The highest BCUT2D eigenvalue weighted by molar-refractivity contribution is 4.49. The van der Waals surface area contributed by atoms with Gasteiger partial charge < -0.3 is 56.8 Å². The maximum Gasteiger partial charge on any atom is 0.113 e. The van der Waals surface area contributed by atoms with Crippen LogP contribution in [0.5, 0.6) is 0 Å².